The first-order valence-corrected chi connectivity index (χ1v) is 23.1. The van der Waals surface area contributed by atoms with Gasteiger partial charge < -0.3 is 4.90 Å². The summed E-state index contributed by atoms with van der Waals surface area (Å²) in [5.41, 5.74) is 19.2. The topological polar surface area (TPSA) is 3.24 Å². The van der Waals surface area contributed by atoms with Gasteiger partial charge in [0.05, 0.1) is 5.41 Å². The Morgan fingerprint density at radius 3 is 1.47 bits per heavy atom. The van der Waals surface area contributed by atoms with Crippen LogP contribution in [0.15, 0.2) is 255 Å². The van der Waals surface area contributed by atoms with Crippen molar-refractivity contribution in [2.45, 2.75) is 17.8 Å². The summed E-state index contributed by atoms with van der Waals surface area (Å²) in [5, 5.41) is 5.06. The summed E-state index contributed by atoms with van der Waals surface area (Å²) in [6, 6.07) is 94.7. The zero-order chi connectivity index (χ0) is 43.8. The highest BCUT2D eigenvalue weighted by Gasteiger charge is 2.46. The van der Waals surface area contributed by atoms with Gasteiger partial charge in [-0.3, -0.25) is 0 Å². The number of hydrogen-bond donors (Lipinski definition) is 0. The lowest BCUT2D eigenvalue weighted by Crippen LogP contribution is -2.28. The maximum Gasteiger partial charge on any atom is 0.0713 e. The van der Waals surface area contributed by atoms with E-state index in [0.717, 1.165) is 17.1 Å². The normalized spacial score (nSPS) is 15.2. The maximum atomic E-state index is 2.48. The highest BCUT2D eigenvalue weighted by Crippen LogP contribution is 2.58. The van der Waals surface area contributed by atoms with Crippen LogP contribution >= 0.6 is 0 Å². The van der Waals surface area contributed by atoms with Crippen molar-refractivity contribution in [3.63, 3.8) is 0 Å². The Morgan fingerprint density at radius 1 is 0.288 bits per heavy atom. The molecule has 11 aromatic rings. The molecule has 0 fully saturated rings. The third-order valence-electron chi connectivity index (χ3n) is 14.8. The fourth-order valence-electron chi connectivity index (χ4n) is 11.8. The standard InChI is InChI=1S/C65H45N/c1-64(46-20-5-2-6-21-46)60-31-17-15-29-55(60)57-39-37-51(43-63(57)64)66(49-35-33-44(34-36-49)58-41-45-19-11-12-26-52(45)53-27-13-14-28-54(53)58)50-38-40-62-59(42-50)56-30-16-18-32-61(56)65(62,47-22-7-3-8-23-47)48-24-9-4-10-25-48/h2-43H,1H3. The molecule has 1 heteroatoms. The van der Waals surface area contributed by atoms with Crippen molar-refractivity contribution in [3.8, 4) is 33.4 Å². The summed E-state index contributed by atoms with van der Waals surface area (Å²) < 4.78 is 0. The lowest BCUT2D eigenvalue weighted by molar-refractivity contribution is 0.714. The molecule has 2 aliphatic rings. The summed E-state index contributed by atoms with van der Waals surface area (Å²) in [5.74, 6) is 0. The summed E-state index contributed by atoms with van der Waals surface area (Å²) in [4.78, 5) is 2.48. The number of hydrogen-bond acceptors (Lipinski definition) is 1. The molecule has 0 N–H and O–H groups in total. The molecule has 0 aliphatic heterocycles. The highest BCUT2D eigenvalue weighted by molar-refractivity contribution is 6.13. The second kappa shape index (κ2) is 14.9. The van der Waals surface area contributed by atoms with Crippen molar-refractivity contribution in [2.24, 2.45) is 0 Å². The van der Waals surface area contributed by atoms with Gasteiger partial charge in [0.2, 0.25) is 0 Å². The molecule has 1 nitrogen and oxygen atoms in total. The van der Waals surface area contributed by atoms with E-state index >= 15 is 0 Å². The Morgan fingerprint density at radius 2 is 0.773 bits per heavy atom. The van der Waals surface area contributed by atoms with Gasteiger partial charge in [0.15, 0.2) is 0 Å². The molecule has 0 saturated heterocycles. The third-order valence-corrected chi connectivity index (χ3v) is 14.8. The van der Waals surface area contributed by atoms with Crippen LogP contribution in [-0.4, -0.2) is 0 Å². The van der Waals surface area contributed by atoms with E-state index in [4.69, 9.17) is 0 Å². The second-order valence-corrected chi connectivity index (χ2v) is 18.1. The van der Waals surface area contributed by atoms with Gasteiger partial charge in [-0.25, -0.2) is 0 Å². The Bertz CT molecular complexity index is 3610. The van der Waals surface area contributed by atoms with Crippen molar-refractivity contribution < 1.29 is 0 Å². The van der Waals surface area contributed by atoms with Crippen LogP contribution in [0.2, 0.25) is 0 Å². The number of fused-ring (bicyclic) bond motifs is 9. The first-order valence-electron chi connectivity index (χ1n) is 23.1. The number of benzene rings is 11. The molecule has 1 unspecified atom stereocenters. The van der Waals surface area contributed by atoms with E-state index in [1.807, 2.05) is 0 Å². The van der Waals surface area contributed by atoms with Crippen LogP contribution in [0.25, 0.3) is 54.9 Å². The molecular weight excluding hydrogens is 795 g/mol. The molecule has 66 heavy (non-hydrogen) atoms. The molecule has 0 spiro atoms. The fourth-order valence-corrected chi connectivity index (χ4v) is 11.8. The van der Waals surface area contributed by atoms with Crippen LogP contribution < -0.4 is 4.90 Å². The van der Waals surface area contributed by atoms with Crippen LogP contribution in [-0.2, 0) is 10.8 Å². The zero-order valence-corrected chi connectivity index (χ0v) is 36.7. The van der Waals surface area contributed by atoms with Crippen LogP contribution in [0.4, 0.5) is 17.1 Å². The summed E-state index contributed by atoms with van der Waals surface area (Å²) in [6.45, 7) is 2.41. The predicted molar refractivity (Wildman–Crippen MR) is 276 cm³/mol. The van der Waals surface area contributed by atoms with Crippen molar-refractivity contribution in [1.82, 2.24) is 0 Å². The number of rotatable bonds is 7. The molecule has 11 aromatic carbocycles. The SMILES string of the molecule is CC1(c2ccccc2)c2ccccc2-c2ccc(N(c3ccc(-c4cc5ccccc5c5ccccc45)cc3)c3ccc4c(c3)-c3ccccc3C4(c3ccccc3)c3ccccc3)cc21. The summed E-state index contributed by atoms with van der Waals surface area (Å²) in [7, 11) is 0. The maximum absolute atomic E-state index is 2.48. The van der Waals surface area contributed by atoms with E-state index in [1.54, 1.807) is 0 Å². The van der Waals surface area contributed by atoms with Gasteiger partial charge in [0.25, 0.3) is 0 Å². The smallest absolute Gasteiger partial charge is 0.0713 e. The highest BCUT2D eigenvalue weighted by atomic mass is 15.1. The lowest BCUT2D eigenvalue weighted by atomic mass is 9.68. The van der Waals surface area contributed by atoms with Crippen LogP contribution in [0, 0.1) is 0 Å². The zero-order valence-electron chi connectivity index (χ0n) is 36.7. The van der Waals surface area contributed by atoms with Crippen molar-refractivity contribution in [3.05, 3.63) is 294 Å². The molecule has 0 radical (unpaired) electrons. The Labute approximate surface area is 386 Å². The Balaban J connectivity index is 1.03. The van der Waals surface area contributed by atoms with Gasteiger partial charge in [0, 0.05) is 22.5 Å². The molecule has 0 saturated carbocycles. The minimum atomic E-state index is -0.473. The molecular formula is C65H45N. The molecule has 13 rings (SSSR count). The molecule has 310 valence electrons. The van der Waals surface area contributed by atoms with Gasteiger partial charge in [-0.15, -0.1) is 0 Å². The largest absolute Gasteiger partial charge is 0.310 e. The average molecular weight is 840 g/mol. The Kier molecular flexibility index (Phi) is 8.63. The van der Waals surface area contributed by atoms with E-state index in [1.165, 1.54) is 93.9 Å². The van der Waals surface area contributed by atoms with Gasteiger partial charge >= 0.3 is 0 Å². The van der Waals surface area contributed by atoms with Crippen molar-refractivity contribution in [2.75, 3.05) is 4.90 Å². The van der Waals surface area contributed by atoms with E-state index in [-0.39, 0.29) is 5.41 Å². The van der Waals surface area contributed by atoms with E-state index < -0.39 is 5.41 Å². The van der Waals surface area contributed by atoms with Crippen molar-refractivity contribution in [1.29, 1.82) is 0 Å². The molecule has 0 amide bonds. The molecule has 0 bridgehead atoms. The van der Waals surface area contributed by atoms with Crippen LogP contribution in [0.1, 0.15) is 45.9 Å². The van der Waals surface area contributed by atoms with E-state index in [2.05, 4.69) is 267 Å². The number of nitrogens with zero attached hydrogens (tertiary/aromatic N) is 1. The lowest BCUT2D eigenvalue weighted by Gasteiger charge is -2.34. The van der Waals surface area contributed by atoms with Gasteiger partial charge in [-0.1, -0.05) is 212 Å². The average Bonchev–Trinajstić information content (AvgIpc) is 3.84. The van der Waals surface area contributed by atoms with Gasteiger partial charge in [-0.05, 0) is 143 Å². The predicted octanol–water partition coefficient (Wildman–Crippen LogP) is 16.8. The van der Waals surface area contributed by atoms with Crippen molar-refractivity contribution >= 4 is 38.6 Å². The van der Waals surface area contributed by atoms with Gasteiger partial charge in [-0.2, -0.15) is 0 Å². The van der Waals surface area contributed by atoms with E-state index in [0.29, 0.717) is 0 Å². The van der Waals surface area contributed by atoms with Gasteiger partial charge in [0.1, 0.15) is 0 Å². The fraction of sp³-hybridized carbons (Fsp3) is 0.0462. The number of anilines is 3. The first kappa shape index (κ1) is 38.2. The minimum Gasteiger partial charge on any atom is -0.310 e. The Hall–Kier alpha value is -8.26. The van der Waals surface area contributed by atoms with Crippen LogP contribution in [0.3, 0.4) is 0 Å². The monoisotopic (exact) mass is 839 g/mol. The second-order valence-electron chi connectivity index (χ2n) is 18.1. The molecule has 1 atom stereocenters. The first-order chi connectivity index (χ1) is 32.6. The van der Waals surface area contributed by atoms with Crippen LogP contribution in [0.5, 0.6) is 0 Å². The minimum absolute atomic E-state index is 0.336. The third kappa shape index (κ3) is 5.53. The molecule has 0 heterocycles. The molecule has 2 aliphatic carbocycles. The summed E-state index contributed by atoms with van der Waals surface area (Å²) in [6.07, 6.45) is 0. The van der Waals surface area contributed by atoms with E-state index in [9.17, 15) is 0 Å². The summed E-state index contributed by atoms with van der Waals surface area (Å²) >= 11 is 0. The quantitative estimate of drug-likeness (QED) is 0.145. The molecule has 0 aromatic heterocycles.